The van der Waals surface area contributed by atoms with E-state index in [0.29, 0.717) is 11.8 Å². The van der Waals surface area contributed by atoms with Crippen LogP contribution in [0.5, 0.6) is 11.5 Å². The average molecular weight is 541 g/mol. The van der Waals surface area contributed by atoms with Crippen molar-refractivity contribution in [1.82, 2.24) is 0 Å². The Morgan fingerprint density at radius 3 is 1.98 bits per heavy atom. The Morgan fingerprint density at radius 1 is 0.775 bits per heavy atom. The van der Waals surface area contributed by atoms with Gasteiger partial charge in [-0.05, 0) is 121 Å². The van der Waals surface area contributed by atoms with Gasteiger partial charge in [0, 0.05) is 10.8 Å². The lowest BCUT2D eigenvalue weighted by atomic mass is 9.68. The Morgan fingerprint density at radius 2 is 1.35 bits per heavy atom. The SMILES string of the molecule is C=Cc1cc(O)ccc1C1=CC2CC[C@H](O)[C@@]2(C)CC1.C=Cc1cc(O)ccc1C1=CC[C@@]2(C)C(CC[C@@H]2O)C1. The highest BCUT2D eigenvalue weighted by atomic mass is 16.3. The molecule has 2 unspecified atom stereocenters. The van der Waals surface area contributed by atoms with Crippen LogP contribution in [0, 0.1) is 22.7 Å². The highest BCUT2D eigenvalue weighted by Gasteiger charge is 2.47. The Labute approximate surface area is 239 Å². The zero-order chi connectivity index (χ0) is 28.7. The lowest BCUT2D eigenvalue weighted by molar-refractivity contribution is 0.0400. The highest BCUT2D eigenvalue weighted by molar-refractivity contribution is 5.76. The van der Waals surface area contributed by atoms with E-state index in [1.54, 1.807) is 36.4 Å². The third-order valence-electron chi connectivity index (χ3n) is 10.6. The van der Waals surface area contributed by atoms with Gasteiger partial charge in [-0.1, -0.05) is 63.4 Å². The van der Waals surface area contributed by atoms with Gasteiger partial charge in [-0.25, -0.2) is 0 Å². The summed E-state index contributed by atoms with van der Waals surface area (Å²) < 4.78 is 0. The van der Waals surface area contributed by atoms with Crippen LogP contribution < -0.4 is 0 Å². The Hall–Kier alpha value is -3.08. The Balaban J connectivity index is 0.000000161. The second kappa shape index (κ2) is 11.1. The lowest BCUT2D eigenvalue weighted by Gasteiger charge is -2.38. The van der Waals surface area contributed by atoms with E-state index >= 15 is 0 Å². The summed E-state index contributed by atoms with van der Waals surface area (Å²) in [4.78, 5) is 0. The number of aromatic hydroxyl groups is 2. The van der Waals surface area contributed by atoms with Crippen molar-refractivity contribution in [3.05, 3.63) is 84.0 Å². The first-order valence-electron chi connectivity index (χ1n) is 14.8. The van der Waals surface area contributed by atoms with Gasteiger partial charge in [-0.3, -0.25) is 0 Å². The van der Waals surface area contributed by atoms with Crippen molar-refractivity contribution in [1.29, 1.82) is 0 Å². The van der Waals surface area contributed by atoms with E-state index in [1.165, 1.54) is 22.3 Å². The van der Waals surface area contributed by atoms with Gasteiger partial charge in [0.1, 0.15) is 11.5 Å². The molecule has 212 valence electrons. The second-order valence-electron chi connectivity index (χ2n) is 12.8. The predicted molar refractivity (Wildman–Crippen MR) is 164 cm³/mol. The molecular weight excluding hydrogens is 496 g/mol. The molecule has 40 heavy (non-hydrogen) atoms. The molecule has 4 aliphatic carbocycles. The van der Waals surface area contributed by atoms with Crippen molar-refractivity contribution in [2.24, 2.45) is 22.7 Å². The number of aliphatic hydroxyl groups excluding tert-OH is 2. The third-order valence-corrected chi connectivity index (χ3v) is 10.6. The summed E-state index contributed by atoms with van der Waals surface area (Å²) in [6, 6.07) is 11.0. The Kier molecular flexibility index (Phi) is 7.87. The fourth-order valence-corrected chi connectivity index (χ4v) is 7.69. The summed E-state index contributed by atoms with van der Waals surface area (Å²) in [5, 5.41) is 39.6. The molecule has 4 nitrogen and oxygen atoms in total. The van der Waals surface area contributed by atoms with Gasteiger partial charge < -0.3 is 20.4 Å². The molecule has 0 bridgehead atoms. The number of allylic oxidation sites excluding steroid dienone is 4. The van der Waals surface area contributed by atoms with Crippen molar-refractivity contribution in [3.8, 4) is 11.5 Å². The van der Waals surface area contributed by atoms with Crippen molar-refractivity contribution < 1.29 is 20.4 Å². The number of aliphatic hydroxyl groups is 2. The van der Waals surface area contributed by atoms with Gasteiger partial charge in [-0.15, -0.1) is 0 Å². The lowest BCUT2D eigenvalue weighted by Crippen LogP contribution is -2.34. The van der Waals surface area contributed by atoms with Crippen LogP contribution >= 0.6 is 0 Å². The van der Waals surface area contributed by atoms with Gasteiger partial charge in [0.2, 0.25) is 0 Å². The fraction of sp³-hybridized carbons (Fsp3) is 0.444. The van der Waals surface area contributed by atoms with Crippen LogP contribution in [0.4, 0.5) is 0 Å². The zero-order valence-corrected chi connectivity index (χ0v) is 23.9. The molecule has 4 heteroatoms. The van der Waals surface area contributed by atoms with Crippen molar-refractivity contribution in [3.63, 3.8) is 0 Å². The van der Waals surface area contributed by atoms with Gasteiger partial charge in [-0.2, -0.15) is 0 Å². The minimum Gasteiger partial charge on any atom is -0.508 e. The van der Waals surface area contributed by atoms with E-state index in [1.807, 2.05) is 12.1 Å². The predicted octanol–water partition coefficient (Wildman–Crippen LogP) is 7.98. The van der Waals surface area contributed by atoms with Gasteiger partial charge in [0.05, 0.1) is 12.2 Å². The summed E-state index contributed by atoms with van der Waals surface area (Å²) in [5.74, 6) is 1.58. The number of hydrogen-bond acceptors (Lipinski definition) is 4. The van der Waals surface area contributed by atoms with Crippen LogP contribution in [0.2, 0.25) is 0 Å². The number of benzene rings is 2. The molecule has 0 spiro atoms. The molecule has 4 aliphatic rings. The first kappa shape index (κ1) is 28.4. The molecule has 0 aromatic heterocycles. The molecule has 2 fully saturated rings. The van der Waals surface area contributed by atoms with Crippen LogP contribution in [0.25, 0.3) is 23.3 Å². The summed E-state index contributed by atoms with van der Waals surface area (Å²) in [5.41, 5.74) is 7.07. The highest BCUT2D eigenvalue weighted by Crippen LogP contribution is 2.54. The summed E-state index contributed by atoms with van der Waals surface area (Å²) >= 11 is 0. The maximum absolute atomic E-state index is 10.2. The van der Waals surface area contributed by atoms with Crippen LogP contribution in [0.3, 0.4) is 0 Å². The molecule has 2 aromatic carbocycles. The average Bonchev–Trinajstić information content (AvgIpc) is 3.42. The molecule has 2 aromatic rings. The molecule has 6 atom stereocenters. The molecule has 0 amide bonds. The molecule has 0 saturated heterocycles. The van der Waals surface area contributed by atoms with E-state index in [0.717, 1.165) is 62.5 Å². The van der Waals surface area contributed by atoms with Gasteiger partial charge >= 0.3 is 0 Å². The van der Waals surface area contributed by atoms with E-state index in [2.05, 4.69) is 39.2 Å². The monoisotopic (exact) mass is 540 g/mol. The summed E-state index contributed by atoms with van der Waals surface area (Å²) in [6.45, 7) is 12.1. The van der Waals surface area contributed by atoms with Crippen molar-refractivity contribution >= 4 is 23.3 Å². The number of phenols is 2. The van der Waals surface area contributed by atoms with Crippen LogP contribution in [-0.2, 0) is 0 Å². The van der Waals surface area contributed by atoms with Crippen molar-refractivity contribution in [2.45, 2.75) is 77.4 Å². The maximum Gasteiger partial charge on any atom is 0.116 e. The number of rotatable bonds is 4. The minimum atomic E-state index is -0.163. The number of hydrogen-bond donors (Lipinski definition) is 4. The standard InChI is InChI=1S/2C18H22O2/c2*1-3-12-11-15(19)5-6-16(12)13-8-9-18(2)14(10-13)4-7-17(18)20/h3,5-6,10-11,14,17,19-20H,1,4,7-9H2,2H3;3,5-6,8,11,14,17,19-20H,1,4,7,9-10H2,2H3/t2*14?,17-,18-/m00/s1. The number of phenolic OH excluding ortho intramolecular Hbond substituents is 2. The first-order chi connectivity index (χ1) is 19.1. The van der Waals surface area contributed by atoms with Crippen LogP contribution in [0.15, 0.2) is 61.7 Å². The zero-order valence-electron chi connectivity index (χ0n) is 23.9. The number of fused-ring (bicyclic) bond motifs is 2. The maximum atomic E-state index is 10.2. The summed E-state index contributed by atoms with van der Waals surface area (Å²) in [6.07, 6.45) is 15.9. The molecule has 4 N–H and O–H groups in total. The molecule has 0 aliphatic heterocycles. The van der Waals surface area contributed by atoms with Crippen molar-refractivity contribution in [2.75, 3.05) is 0 Å². The van der Waals surface area contributed by atoms with Crippen LogP contribution in [-0.4, -0.2) is 32.6 Å². The normalized spacial score (nSPS) is 32.6. The van der Waals surface area contributed by atoms with E-state index in [9.17, 15) is 20.4 Å². The van der Waals surface area contributed by atoms with Gasteiger partial charge in [0.15, 0.2) is 0 Å². The third kappa shape index (κ3) is 5.08. The topological polar surface area (TPSA) is 80.9 Å². The summed E-state index contributed by atoms with van der Waals surface area (Å²) in [7, 11) is 0. The fourth-order valence-electron chi connectivity index (χ4n) is 7.69. The van der Waals surface area contributed by atoms with E-state index in [-0.39, 0.29) is 34.5 Å². The molecule has 2 saturated carbocycles. The largest absolute Gasteiger partial charge is 0.508 e. The molecule has 0 radical (unpaired) electrons. The Bertz CT molecular complexity index is 1350. The van der Waals surface area contributed by atoms with Gasteiger partial charge in [0.25, 0.3) is 0 Å². The smallest absolute Gasteiger partial charge is 0.116 e. The quantitative estimate of drug-likeness (QED) is 0.317. The molecule has 6 rings (SSSR count). The molecular formula is C36H44O4. The second-order valence-corrected chi connectivity index (χ2v) is 12.8. The first-order valence-corrected chi connectivity index (χ1v) is 14.8. The molecule has 0 heterocycles. The van der Waals surface area contributed by atoms with Crippen LogP contribution in [0.1, 0.15) is 87.5 Å². The van der Waals surface area contributed by atoms with E-state index < -0.39 is 0 Å². The van der Waals surface area contributed by atoms with E-state index in [4.69, 9.17) is 0 Å². The minimum absolute atomic E-state index is 0.0504.